The maximum atomic E-state index is 13.7. The van der Waals surface area contributed by atoms with Crippen molar-refractivity contribution in [1.29, 1.82) is 0 Å². The second-order valence-electron chi connectivity index (χ2n) is 11.3. The van der Waals surface area contributed by atoms with Crippen LogP contribution in [0.15, 0.2) is 83.9 Å². The fraction of sp³-hybridized carbons (Fsp3) is 0.324. The van der Waals surface area contributed by atoms with Crippen molar-refractivity contribution >= 4 is 29.6 Å². The zero-order valence-electron chi connectivity index (χ0n) is 26.7. The number of hydrogen-bond donors (Lipinski definition) is 8. The molecule has 0 aliphatic rings. The van der Waals surface area contributed by atoms with Gasteiger partial charge < -0.3 is 43.4 Å². The van der Waals surface area contributed by atoms with Gasteiger partial charge in [-0.3, -0.25) is 29.1 Å². The number of guanidine groups is 1. The number of rotatable bonds is 19. The molecule has 0 unspecified atom stereocenters. The topological polar surface area (TPSA) is 238 Å². The number of phenolic OH excluding ortho intramolecular Hbond substituents is 2. The standard InChI is InChI=1S/C34H44N8O6/c35-30(45)16-18-38-32(47)29(19-23-5-2-1-3-6-23)41-33(48)28(7-4-17-39-34(36)37)40-31(46)22-42(20-24-8-12-26(43)13-9-24)21-25-10-14-27(44)15-11-25/h1-3,5-6,8-15,28-29,43-44H,4,7,16-22H2,(H2,35,45)(H,38,47)(H,40,46)(H,41,48)(H4,36,37,39)/t28-,29+/m1/s1. The molecule has 14 nitrogen and oxygen atoms in total. The number of carbonyl (C=O) groups is 4. The number of carbonyl (C=O) groups excluding carboxylic acids is 4. The van der Waals surface area contributed by atoms with Crippen LogP contribution in [0.25, 0.3) is 0 Å². The highest BCUT2D eigenvalue weighted by molar-refractivity contribution is 5.92. The monoisotopic (exact) mass is 660 g/mol. The average Bonchev–Trinajstić information content (AvgIpc) is 3.04. The van der Waals surface area contributed by atoms with E-state index in [1.807, 2.05) is 35.2 Å². The van der Waals surface area contributed by atoms with E-state index in [9.17, 15) is 29.4 Å². The lowest BCUT2D eigenvalue weighted by Crippen LogP contribution is -2.55. The van der Waals surface area contributed by atoms with Gasteiger partial charge in [-0.2, -0.15) is 0 Å². The van der Waals surface area contributed by atoms with E-state index < -0.39 is 35.7 Å². The van der Waals surface area contributed by atoms with Crippen LogP contribution in [-0.2, 0) is 38.7 Å². The Morgan fingerprint density at radius 1 is 0.729 bits per heavy atom. The molecule has 3 rings (SSSR count). The van der Waals surface area contributed by atoms with Gasteiger partial charge in [0, 0.05) is 39.0 Å². The molecule has 0 aliphatic heterocycles. The molecule has 0 saturated carbocycles. The average molecular weight is 661 g/mol. The van der Waals surface area contributed by atoms with Gasteiger partial charge in [0.05, 0.1) is 6.54 Å². The van der Waals surface area contributed by atoms with Crippen LogP contribution in [0.2, 0.25) is 0 Å². The van der Waals surface area contributed by atoms with Gasteiger partial charge in [-0.25, -0.2) is 0 Å². The highest BCUT2D eigenvalue weighted by Gasteiger charge is 2.27. The summed E-state index contributed by atoms with van der Waals surface area (Å²) in [5.74, 6) is -1.98. The summed E-state index contributed by atoms with van der Waals surface area (Å²) in [5.41, 5.74) is 18.6. The number of aromatic hydroxyl groups is 2. The Labute approximate surface area is 279 Å². The Kier molecular flexibility index (Phi) is 14.7. The van der Waals surface area contributed by atoms with Crippen LogP contribution < -0.4 is 33.2 Å². The van der Waals surface area contributed by atoms with Crippen molar-refractivity contribution in [3.8, 4) is 11.5 Å². The molecule has 3 aromatic rings. The van der Waals surface area contributed by atoms with E-state index in [1.54, 1.807) is 48.5 Å². The third-order valence-corrected chi connectivity index (χ3v) is 7.24. The Hall–Kier alpha value is -5.63. The normalized spacial score (nSPS) is 12.0. The lowest BCUT2D eigenvalue weighted by Gasteiger charge is -2.26. The molecule has 0 aromatic heterocycles. The molecular formula is C34H44N8O6. The van der Waals surface area contributed by atoms with E-state index in [0.29, 0.717) is 19.5 Å². The molecule has 0 spiro atoms. The van der Waals surface area contributed by atoms with Crippen LogP contribution in [0.1, 0.15) is 36.0 Å². The van der Waals surface area contributed by atoms with Crippen LogP contribution in [0.5, 0.6) is 11.5 Å². The number of hydrogen-bond acceptors (Lipinski definition) is 8. The van der Waals surface area contributed by atoms with Gasteiger partial charge in [0.15, 0.2) is 5.96 Å². The minimum Gasteiger partial charge on any atom is -0.508 e. The van der Waals surface area contributed by atoms with E-state index in [2.05, 4.69) is 20.9 Å². The number of primary amides is 1. The fourth-order valence-corrected chi connectivity index (χ4v) is 4.87. The molecule has 0 bridgehead atoms. The van der Waals surface area contributed by atoms with Crippen molar-refractivity contribution in [2.24, 2.45) is 22.2 Å². The molecule has 11 N–H and O–H groups in total. The third kappa shape index (κ3) is 13.8. The van der Waals surface area contributed by atoms with Gasteiger partial charge in [-0.15, -0.1) is 0 Å². The molecule has 0 radical (unpaired) electrons. The van der Waals surface area contributed by atoms with E-state index in [1.165, 1.54) is 0 Å². The Morgan fingerprint density at radius 3 is 1.85 bits per heavy atom. The van der Waals surface area contributed by atoms with Gasteiger partial charge in [0.1, 0.15) is 23.6 Å². The second-order valence-corrected chi connectivity index (χ2v) is 11.3. The number of benzene rings is 3. The molecule has 256 valence electrons. The molecular weight excluding hydrogens is 616 g/mol. The largest absolute Gasteiger partial charge is 0.508 e. The summed E-state index contributed by atoms with van der Waals surface area (Å²) in [4.78, 5) is 57.4. The summed E-state index contributed by atoms with van der Waals surface area (Å²) in [6.07, 6.45) is 0.628. The Balaban J connectivity index is 1.78. The number of nitrogens with one attached hydrogen (secondary N) is 3. The first-order chi connectivity index (χ1) is 23.0. The van der Waals surface area contributed by atoms with Crippen molar-refractivity contribution in [3.05, 3.63) is 95.6 Å². The van der Waals surface area contributed by atoms with Crippen LogP contribution in [0.4, 0.5) is 0 Å². The van der Waals surface area contributed by atoms with Gasteiger partial charge in [-0.05, 0) is 53.8 Å². The maximum absolute atomic E-state index is 13.7. The van der Waals surface area contributed by atoms with Gasteiger partial charge in [-0.1, -0.05) is 54.6 Å². The molecule has 48 heavy (non-hydrogen) atoms. The van der Waals surface area contributed by atoms with Gasteiger partial charge in [0.25, 0.3) is 0 Å². The van der Waals surface area contributed by atoms with Crippen LogP contribution in [0, 0.1) is 0 Å². The maximum Gasteiger partial charge on any atom is 0.243 e. The van der Waals surface area contributed by atoms with Crippen molar-refractivity contribution < 1.29 is 29.4 Å². The molecule has 0 saturated heterocycles. The van der Waals surface area contributed by atoms with Crippen LogP contribution in [0.3, 0.4) is 0 Å². The Morgan fingerprint density at radius 2 is 1.31 bits per heavy atom. The second kappa shape index (κ2) is 19.1. The summed E-state index contributed by atoms with van der Waals surface area (Å²) in [5, 5.41) is 27.6. The van der Waals surface area contributed by atoms with E-state index >= 15 is 0 Å². The predicted octanol–water partition coefficient (Wildman–Crippen LogP) is 0.358. The van der Waals surface area contributed by atoms with Crippen molar-refractivity contribution in [3.63, 3.8) is 0 Å². The summed E-state index contributed by atoms with van der Waals surface area (Å²) >= 11 is 0. The van der Waals surface area contributed by atoms with E-state index in [4.69, 9.17) is 17.2 Å². The minimum atomic E-state index is -1.03. The zero-order valence-corrected chi connectivity index (χ0v) is 26.7. The Bertz CT molecular complexity index is 1470. The number of aliphatic imine (C=N–C) groups is 1. The summed E-state index contributed by atoms with van der Waals surface area (Å²) in [6.45, 7) is 0.824. The number of nitrogens with zero attached hydrogens (tertiary/aromatic N) is 2. The number of phenols is 2. The van der Waals surface area contributed by atoms with Crippen LogP contribution in [-0.4, -0.2) is 76.4 Å². The zero-order chi connectivity index (χ0) is 34.9. The molecule has 2 atom stereocenters. The highest BCUT2D eigenvalue weighted by atomic mass is 16.3. The van der Waals surface area contributed by atoms with Crippen molar-refractivity contribution in [2.45, 2.75) is 50.9 Å². The quantitative estimate of drug-likeness (QED) is 0.0502. The molecule has 4 amide bonds. The van der Waals surface area contributed by atoms with Crippen LogP contribution >= 0.6 is 0 Å². The SMILES string of the molecule is NC(=O)CCNC(=O)[C@H](Cc1ccccc1)NC(=O)[C@@H](CCCN=C(N)N)NC(=O)CN(Cc1ccc(O)cc1)Cc1ccc(O)cc1. The fourth-order valence-electron chi connectivity index (χ4n) is 4.87. The van der Waals surface area contributed by atoms with Crippen molar-refractivity contribution in [1.82, 2.24) is 20.9 Å². The summed E-state index contributed by atoms with van der Waals surface area (Å²) < 4.78 is 0. The lowest BCUT2D eigenvalue weighted by molar-refractivity contribution is -0.132. The molecule has 14 heteroatoms. The number of nitrogens with two attached hydrogens (primary N) is 3. The smallest absolute Gasteiger partial charge is 0.243 e. The molecule has 0 heterocycles. The van der Waals surface area contributed by atoms with E-state index in [-0.39, 0.29) is 56.4 Å². The van der Waals surface area contributed by atoms with Gasteiger partial charge >= 0.3 is 0 Å². The summed E-state index contributed by atoms with van der Waals surface area (Å²) in [6, 6.07) is 20.3. The third-order valence-electron chi connectivity index (χ3n) is 7.24. The summed E-state index contributed by atoms with van der Waals surface area (Å²) in [7, 11) is 0. The number of amides is 4. The first kappa shape index (κ1) is 36.8. The predicted molar refractivity (Wildman–Crippen MR) is 181 cm³/mol. The molecule has 3 aromatic carbocycles. The van der Waals surface area contributed by atoms with E-state index in [0.717, 1.165) is 16.7 Å². The first-order valence-corrected chi connectivity index (χ1v) is 15.5. The molecule has 0 aliphatic carbocycles. The first-order valence-electron chi connectivity index (χ1n) is 15.5. The molecule has 0 fully saturated rings. The highest BCUT2D eigenvalue weighted by Crippen LogP contribution is 2.16. The lowest BCUT2D eigenvalue weighted by atomic mass is 10.0. The van der Waals surface area contributed by atoms with Crippen molar-refractivity contribution in [2.75, 3.05) is 19.6 Å². The minimum absolute atomic E-state index is 0.00586. The van der Waals surface area contributed by atoms with Gasteiger partial charge in [0.2, 0.25) is 23.6 Å².